The summed E-state index contributed by atoms with van der Waals surface area (Å²) >= 11 is 0. The number of fused-ring (bicyclic) bond motifs is 3. The topological polar surface area (TPSA) is 0 Å². The maximum absolute atomic E-state index is 3.30. The number of hydrogen-bond donors (Lipinski definition) is 0. The van der Waals surface area contributed by atoms with Crippen molar-refractivity contribution in [2.45, 2.75) is 46.0 Å². The molecule has 0 saturated carbocycles. The number of aryl methyl sites for hydroxylation is 1. The summed E-state index contributed by atoms with van der Waals surface area (Å²) in [5.74, 6) is 0. The molecular weight excluding hydrogens is 562 g/mol. The summed E-state index contributed by atoms with van der Waals surface area (Å²) in [6.07, 6.45) is 2.20. The summed E-state index contributed by atoms with van der Waals surface area (Å²) in [7, 11) is 0. The van der Waals surface area contributed by atoms with Crippen LogP contribution >= 0.6 is 0 Å². The van der Waals surface area contributed by atoms with Gasteiger partial charge in [-0.3, -0.25) is 0 Å². The summed E-state index contributed by atoms with van der Waals surface area (Å²) < 4.78 is 0. The van der Waals surface area contributed by atoms with Crippen molar-refractivity contribution in [2.75, 3.05) is 0 Å². The normalized spacial score (nSPS) is 10.2. The van der Waals surface area contributed by atoms with Crippen molar-refractivity contribution in [3.63, 3.8) is 0 Å². The monoisotopic (exact) mass is 592 g/mol. The van der Waals surface area contributed by atoms with Crippen molar-refractivity contribution in [2.24, 2.45) is 0 Å². The van der Waals surface area contributed by atoms with E-state index in [2.05, 4.69) is 102 Å². The standard InChI is InChI=1S/C13H9.C11H17.C2H4.2ClH.Hf/c1-3-7-12-10(5-1)9-11-6-2-4-8-13(11)12;1-5-9-6-7-10(8-9)11(2,3)4;1-2;;;/h1-5,7-8H,9H2;6-8H,5H2,1-4H3;1-2H2;2*1H;/q2*-1;;;;+4/p-2. The fourth-order valence-electron chi connectivity index (χ4n) is 3.18. The Morgan fingerprint density at radius 1 is 1.00 bits per heavy atom. The summed E-state index contributed by atoms with van der Waals surface area (Å²) in [5, 5.41) is 0. The molecule has 0 fully saturated rings. The molecule has 29 heavy (non-hydrogen) atoms. The molecule has 0 radical (unpaired) electrons. The molecule has 0 heterocycles. The van der Waals surface area contributed by atoms with Crippen LogP contribution in [0.5, 0.6) is 0 Å². The zero-order chi connectivity index (χ0) is 19.2. The maximum Gasteiger partial charge on any atom is 4.00 e. The Hall–Kier alpha value is -1.02. The minimum Gasteiger partial charge on any atom is -1.00 e. The largest absolute Gasteiger partial charge is 4.00 e. The minimum atomic E-state index is 0. The van der Waals surface area contributed by atoms with Crippen LogP contribution in [-0.2, 0) is 44.1 Å². The Labute approximate surface area is 208 Å². The average molecular weight is 592 g/mol. The SMILES string of the molecule is C=C.CCc1cc(C(C)(C)C)c[cH-]1.[Cl-].[Cl-].[Hf+4].[c-]1cccc2c1Cc1ccccc1-2. The van der Waals surface area contributed by atoms with E-state index in [4.69, 9.17) is 0 Å². The van der Waals surface area contributed by atoms with E-state index in [1.54, 1.807) is 0 Å². The molecule has 0 aliphatic heterocycles. The van der Waals surface area contributed by atoms with E-state index >= 15 is 0 Å². The van der Waals surface area contributed by atoms with Crippen LogP contribution in [0.1, 0.15) is 49.9 Å². The smallest absolute Gasteiger partial charge is 1.00 e. The molecule has 3 aromatic carbocycles. The second-order valence-electron chi connectivity index (χ2n) is 7.51. The van der Waals surface area contributed by atoms with Gasteiger partial charge in [0.25, 0.3) is 0 Å². The molecule has 152 valence electrons. The number of benzene rings is 2. The Bertz CT molecular complexity index is 800. The third kappa shape index (κ3) is 7.96. The van der Waals surface area contributed by atoms with E-state index in [0.29, 0.717) is 5.41 Å². The van der Waals surface area contributed by atoms with Gasteiger partial charge in [0.15, 0.2) is 0 Å². The van der Waals surface area contributed by atoms with Gasteiger partial charge in [0, 0.05) is 0 Å². The van der Waals surface area contributed by atoms with Gasteiger partial charge in [-0.1, -0.05) is 74.9 Å². The zero-order valence-electron chi connectivity index (χ0n) is 17.9. The molecule has 4 rings (SSSR count). The molecule has 3 aromatic rings. The Kier molecular flexibility index (Phi) is 14.6. The molecule has 0 unspecified atom stereocenters. The third-order valence-corrected chi connectivity index (χ3v) is 4.71. The quantitative estimate of drug-likeness (QED) is 0.177. The maximum atomic E-state index is 3.30. The van der Waals surface area contributed by atoms with Crippen LogP contribution in [0.2, 0.25) is 0 Å². The fourth-order valence-corrected chi connectivity index (χ4v) is 3.18. The molecule has 0 nitrogen and oxygen atoms in total. The predicted octanol–water partition coefficient (Wildman–Crippen LogP) is 1.13. The van der Waals surface area contributed by atoms with Crippen LogP contribution in [0.4, 0.5) is 0 Å². The van der Waals surface area contributed by atoms with Gasteiger partial charge >= 0.3 is 25.8 Å². The van der Waals surface area contributed by atoms with Crippen molar-refractivity contribution in [3.05, 3.63) is 102 Å². The first kappa shape index (κ1) is 30.2. The van der Waals surface area contributed by atoms with Gasteiger partial charge in [-0.05, 0) is 6.42 Å². The second-order valence-corrected chi connectivity index (χ2v) is 7.51. The van der Waals surface area contributed by atoms with Gasteiger partial charge in [-0.25, -0.2) is 6.07 Å². The van der Waals surface area contributed by atoms with Crippen LogP contribution in [0.3, 0.4) is 0 Å². The summed E-state index contributed by atoms with van der Waals surface area (Å²) in [4.78, 5) is 0. The zero-order valence-corrected chi connectivity index (χ0v) is 23.0. The number of rotatable bonds is 1. The summed E-state index contributed by atoms with van der Waals surface area (Å²) in [6.45, 7) is 15.0. The molecular formula is C26H30Cl2Hf. The minimum absolute atomic E-state index is 0. The Morgan fingerprint density at radius 3 is 2.17 bits per heavy atom. The number of hydrogen-bond acceptors (Lipinski definition) is 0. The molecule has 0 spiro atoms. The van der Waals surface area contributed by atoms with E-state index in [1.165, 1.54) is 33.4 Å². The molecule has 1 aliphatic rings. The van der Waals surface area contributed by atoms with E-state index in [0.717, 1.165) is 12.8 Å². The first-order chi connectivity index (χ1) is 12.5. The average Bonchev–Trinajstić information content (AvgIpc) is 3.28. The van der Waals surface area contributed by atoms with Gasteiger partial charge < -0.3 is 24.8 Å². The van der Waals surface area contributed by atoms with Crippen molar-refractivity contribution >= 4 is 0 Å². The third-order valence-electron chi connectivity index (χ3n) is 4.71. The molecule has 0 amide bonds. The Balaban J connectivity index is 0. The molecule has 3 heteroatoms. The van der Waals surface area contributed by atoms with Crippen LogP contribution in [0.15, 0.2) is 73.8 Å². The van der Waals surface area contributed by atoms with Crippen LogP contribution in [-0.4, -0.2) is 0 Å². The van der Waals surface area contributed by atoms with E-state index in [9.17, 15) is 0 Å². The van der Waals surface area contributed by atoms with Gasteiger partial charge in [-0.15, -0.1) is 18.7 Å². The molecule has 0 bridgehead atoms. The van der Waals surface area contributed by atoms with Gasteiger partial charge in [-0.2, -0.15) is 53.1 Å². The van der Waals surface area contributed by atoms with Crippen LogP contribution in [0.25, 0.3) is 11.1 Å². The van der Waals surface area contributed by atoms with Crippen molar-refractivity contribution in [3.8, 4) is 11.1 Å². The van der Waals surface area contributed by atoms with Crippen LogP contribution < -0.4 is 24.8 Å². The summed E-state index contributed by atoms with van der Waals surface area (Å²) in [5.41, 5.74) is 8.73. The second kappa shape index (κ2) is 14.1. The predicted molar refractivity (Wildman–Crippen MR) is 115 cm³/mol. The van der Waals surface area contributed by atoms with Crippen molar-refractivity contribution < 1.29 is 50.7 Å². The summed E-state index contributed by atoms with van der Waals surface area (Å²) in [6, 6.07) is 24.9. The molecule has 0 N–H and O–H groups in total. The van der Waals surface area contributed by atoms with E-state index in [1.807, 2.05) is 6.07 Å². The molecule has 0 atom stereocenters. The van der Waals surface area contributed by atoms with Crippen molar-refractivity contribution in [1.29, 1.82) is 0 Å². The van der Waals surface area contributed by atoms with Crippen LogP contribution in [0, 0.1) is 6.07 Å². The van der Waals surface area contributed by atoms with Gasteiger partial charge in [0.2, 0.25) is 0 Å². The molecule has 0 saturated heterocycles. The first-order valence-electron chi connectivity index (χ1n) is 9.33. The van der Waals surface area contributed by atoms with E-state index < -0.39 is 0 Å². The van der Waals surface area contributed by atoms with E-state index in [-0.39, 0.29) is 50.7 Å². The first-order valence-corrected chi connectivity index (χ1v) is 9.33. The molecule has 0 aromatic heterocycles. The Morgan fingerprint density at radius 2 is 1.62 bits per heavy atom. The van der Waals surface area contributed by atoms with Crippen molar-refractivity contribution in [1.82, 2.24) is 0 Å². The fraction of sp³-hybridized carbons (Fsp3) is 0.269. The van der Waals surface area contributed by atoms with Gasteiger partial charge in [0.05, 0.1) is 0 Å². The molecule has 1 aliphatic carbocycles. The number of halogens is 2. The van der Waals surface area contributed by atoms with Gasteiger partial charge in [0.1, 0.15) is 0 Å².